The highest BCUT2D eigenvalue weighted by Crippen LogP contribution is 2.68. The van der Waals surface area contributed by atoms with Crippen molar-refractivity contribution in [3.63, 3.8) is 0 Å². The van der Waals surface area contributed by atoms with Crippen molar-refractivity contribution in [2.75, 3.05) is 86.2 Å². The third-order valence-electron chi connectivity index (χ3n) is 19.0. The monoisotopic (exact) mass is 836 g/mol. The molecule has 8 fully saturated rings. The lowest BCUT2D eigenvalue weighted by Gasteiger charge is -2.51. The summed E-state index contributed by atoms with van der Waals surface area (Å²) in [5.74, 6) is 0. The third kappa shape index (κ3) is 8.61. The van der Waals surface area contributed by atoms with Crippen LogP contribution < -0.4 is 5.32 Å². The van der Waals surface area contributed by atoms with E-state index in [0.29, 0.717) is 45.8 Å². The van der Waals surface area contributed by atoms with Gasteiger partial charge in [-0.05, 0) is 143 Å². The molecular weight excluding hydrogens is 739 g/mol. The maximum atomic E-state index is 5.85. The van der Waals surface area contributed by atoms with E-state index >= 15 is 0 Å². The van der Waals surface area contributed by atoms with E-state index in [9.17, 15) is 0 Å². The van der Waals surface area contributed by atoms with E-state index in [1.54, 1.807) is 0 Å². The van der Waals surface area contributed by atoms with Crippen molar-refractivity contribution in [1.82, 2.24) is 34.7 Å². The molecule has 6 unspecified atom stereocenters. The average Bonchev–Trinajstić information content (AvgIpc) is 4.05. The second kappa shape index (κ2) is 15.4. The van der Waals surface area contributed by atoms with Gasteiger partial charge < -0.3 is 19.9 Å². The van der Waals surface area contributed by atoms with Crippen LogP contribution in [0, 0.1) is 32.5 Å². The maximum Gasteiger partial charge on any atom is 0.0594 e. The molecule has 0 aromatic rings. The van der Waals surface area contributed by atoms with Gasteiger partial charge in [-0.1, -0.05) is 48.5 Å². The molecule has 8 rings (SSSR count). The third-order valence-corrected chi connectivity index (χ3v) is 19.0. The Hall–Kier alpha value is -0.320. The number of rotatable bonds is 16. The van der Waals surface area contributed by atoms with Crippen molar-refractivity contribution in [2.45, 2.75) is 214 Å². The minimum atomic E-state index is 0.155. The van der Waals surface area contributed by atoms with Crippen molar-refractivity contribution in [3.05, 3.63) is 0 Å². The van der Waals surface area contributed by atoms with Gasteiger partial charge in [0.05, 0.1) is 13.2 Å². The minimum absolute atomic E-state index is 0.155. The van der Waals surface area contributed by atoms with Crippen molar-refractivity contribution in [1.29, 1.82) is 0 Å². The molecule has 60 heavy (non-hydrogen) atoms. The van der Waals surface area contributed by atoms with E-state index in [4.69, 9.17) is 4.74 Å². The van der Waals surface area contributed by atoms with Crippen molar-refractivity contribution in [2.24, 2.45) is 32.5 Å². The molecule has 0 spiro atoms. The van der Waals surface area contributed by atoms with E-state index in [2.05, 4.69) is 146 Å². The summed E-state index contributed by atoms with van der Waals surface area (Å²) >= 11 is 0. The Balaban J connectivity index is 0.996. The quantitative estimate of drug-likeness (QED) is 0.167. The molecule has 8 heteroatoms. The molecule has 0 bridgehead atoms. The Bertz CT molecular complexity index is 1530. The second-order valence-corrected chi connectivity index (χ2v) is 27.9. The number of nitrogens with zero attached hydrogens (tertiary/aromatic N) is 6. The summed E-state index contributed by atoms with van der Waals surface area (Å²) in [5, 5.41) is 3.60. The van der Waals surface area contributed by atoms with E-state index in [0.717, 1.165) is 51.5 Å². The predicted octanol–water partition coefficient (Wildman–Crippen LogP) is 8.30. The lowest BCUT2D eigenvalue weighted by molar-refractivity contribution is -0.0218. The molecule has 8 aliphatic rings. The Labute approximate surface area is 371 Å². The topological polar surface area (TPSA) is 40.7 Å². The molecular formula is C52H97N7O. The van der Waals surface area contributed by atoms with Crippen LogP contribution in [0.4, 0.5) is 0 Å². The minimum Gasteiger partial charge on any atom is -0.379 e. The number of ether oxygens (including phenoxy) is 1. The number of hydrogen-bond donors (Lipinski definition) is 1. The largest absolute Gasteiger partial charge is 0.379 e. The Morgan fingerprint density at radius 2 is 0.933 bits per heavy atom. The van der Waals surface area contributed by atoms with Gasteiger partial charge in [0.25, 0.3) is 0 Å². The normalized spacial score (nSPS) is 38.8. The molecule has 0 amide bonds. The molecule has 9 atom stereocenters. The first-order chi connectivity index (χ1) is 27.7. The Morgan fingerprint density at radius 1 is 0.517 bits per heavy atom. The van der Waals surface area contributed by atoms with Crippen LogP contribution in [-0.4, -0.2) is 168 Å². The van der Waals surface area contributed by atoms with E-state index in [1.807, 2.05) is 0 Å². The average molecular weight is 836 g/mol. The van der Waals surface area contributed by atoms with Crippen LogP contribution in [0.1, 0.15) is 161 Å². The first kappa shape index (κ1) is 46.2. The number of hydrogen-bond acceptors (Lipinski definition) is 8. The zero-order valence-corrected chi connectivity index (χ0v) is 42.4. The van der Waals surface area contributed by atoms with E-state index < -0.39 is 0 Å². The smallest absolute Gasteiger partial charge is 0.0594 e. The Kier molecular flexibility index (Phi) is 11.8. The van der Waals surface area contributed by atoms with Crippen LogP contribution in [0.5, 0.6) is 0 Å². The first-order valence-corrected chi connectivity index (χ1v) is 25.4. The van der Waals surface area contributed by atoms with Crippen LogP contribution in [0.15, 0.2) is 0 Å². The lowest BCUT2D eigenvalue weighted by Crippen LogP contribution is -2.56. The van der Waals surface area contributed by atoms with E-state index in [1.165, 1.54) is 96.9 Å². The van der Waals surface area contributed by atoms with Gasteiger partial charge in [0.1, 0.15) is 0 Å². The molecule has 0 aromatic carbocycles. The molecule has 1 N–H and O–H groups in total. The summed E-state index contributed by atoms with van der Waals surface area (Å²) in [6, 6.07) is 4.13. The van der Waals surface area contributed by atoms with Crippen LogP contribution in [0.25, 0.3) is 0 Å². The molecule has 0 radical (unpaired) electrons. The Morgan fingerprint density at radius 3 is 1.42 bits per heavy atom. The van der Waals surface area contributed by atoms with Crippen LogP contribution in [0.2, 0.25) is 0 Å². The van der Waals surface area contributed by atoms with Crippen molar-refractivity contribution >= 4 is 0 Å². The summed E-state index contributed by atoms with van der Waals surface area (Å²) in [6.07, 6.45) is 13.5. The van der Waals surface area contributed by atoms with E-state index in [-0.39, 0.29) is 27.4 Å². The molecule has 5 saturated heterocycles. The number of piperazine rings is 1. The molecule has 5 heterocycles. The summed E-state index contributed by atoms with van der Waals surface area (Å²) in [4.78, 5) is 17.3. The standard InChI is InChI=1S/C52H97N7O/c1-44(2,3)38-29-51(36-55-23-21-53-22-24-55)33-42(51)58(38)48(11,12)19-18-47(9,10)40-31-52(37-56-25-27-60-28-26-56)34-43(52)59(40)49(13,14)20-17-46(7,8)39-30-50(35-54(15)16)32-41(50)57(39)45(4,5)6/h38-43,53H,17-37H2,1-16H3/t38-,39-,40-,41?,42?,43?,50?,51?,52?/m0/s1. The number of piperidine rings is 3. The summed E-state index contributed by atoms with van der Waals surface area (Å²) in [5.41, 5.74) is 2.78. The zero-order valence-electron chi connectivity index (χ0n) is 42.4. The highest BCUT2D eigenvalue weighted by molar-refractivity contribution is 5.25. The number of nitrogens with one attached hydrogen (secondary N) is 1. The second-order valence-electron chi connectivity index (χ2n) is 27.9. The molecule has 8 nitrogen and oxygen atoms in total. The number of morpholine rings is 1. The fourth-order valence-corrected chi connectivity index (χ4v) is 15.3. The fourth-order valence-electron chi connectivity index (χ4n) is 15.3. The van der Waals surface area contributed by atoms with Gasteiger partial charge in [-0.3, -0.25) is 19.6 Å². The van der Waals surface area contributed by atoms with Gasteiger partial charge in [-0.15, -0.1) is 0 Å². The first-order valence-electron chi connectivity index (χ1n) is 25.4. The zero-order chi connectivity index (χ0) is 43.7. The maximum absolute atomic E-state index is 5.85. The molecule has 0 aromatic heterocycles. The van der Waals surface area contributed by atoms with Crippen LogP contribution >= 0.6 is 0 Å². The van der Waals surface area contributed by atoms with Gasteiger partial charge >= 0.3 is 0 Å². The molecule has 346 valence electrons. The van der Waals surface area contributed by atoms with Gasteiger partial charge in [-0.2, -0.15) is 0 Å². The highest BCUT2D eigenvalue weighted by atomic mass is 16.5. The fraction of sp³-hybridized carbons (Fsp3) is 1.00. The number of fused-ring (bicyclic) bond motifs is 3. The van der Waals surface area contributed by atoms with Gasteiger partial charge in [0.2, 0.25) is 0 Å². The molecule has 5 aliphatic heterocycles. The van der Waals surface area contributed by atoms with Crippen LogP contribution in [0.3, 0.4) is 0 Å². The summed E-state index contributed by atoms with van der Waals surface area (Å²) in [7, 11) is 4.58. The van der Waals surface area contributed by atoms with Crippen molar-refractivity contribution in [3.8, 4) is 0 Å². The van der Waals surface area contributed by atoms with Crippen LogP contribution in [-0.2, 0) is 4.74 Å². The van der Waals surface area contributed by atoms with Crippen molar-refractivity contribution < 1.29 is 4.74 Å². The van der Waals surface area contributed by atoms with Gasteiger partial charge in [0.15, 0.2) is 0 Å². The lowest BCUT2D eigenvalue weighted by atomic mass is 9.71. The SMILES string of the molecule is CN(C)CC12CC1N(C(C)(C)C)[C@H](C(C)(C)CCC(C)(C)N1C3CC3(CN3CCOCC3)C[C@H]1C(C)(C)CCC(C)(C)N1C3CC3(CN3CCNCC3)C[C@H]1C(C)(C)C)C2. The van der Waals surface area contributed by atoms with Gasteiger partial charge in [-0.25, -0.2) is 0 Å². The molecule has 3 saturated carbocycles. The molecule has 3 aliphatic carbocycles. The van der Waals surface area contributed by atoms with Gasteiger partial charge in [0, 0.05) is 128 Å². The highest BCUT2D eigenvalue weighted by Gasteiger charge is 2.71. The predicted molar refractivity (Wildman–Crippen MR) is 252 cm³/mol. The summed E-state index contributed by atoms with van der Waals surface area (Å²) < 4.78 is 5.85. The number of likely N-dealkylation sites (tertiary alicyclic amines) is 3. The summed E-state index contributed by atoms with van der Waals surface area (Å²) in [6.45, 7) is 49.0.